The van der Waals surface area contributed by atoms with Crippen LogP contribution in [0.5, 0.6) is 0 Å². The summed E-state index contributed by atoms with van der Waals surface area (Å²) in [4.78, 5) is 0. The minimum Gasteiger partial charge on any atom is -0.322 e. The Balaban J connectivity index is 2.17. The highest BCUT2D eigenvalue weighted by Gasteiger charge is 2.16. The van der Waals surface area contributed by atoms with Gasteiger partial charge in [0, 0.05) is 7.05 Å². The molecule has 0 aliphatic carbocycles. The Labute approximate surface area is 107 Å². The zero-order valence-electron chi connectivity index (χ0n) is 9.27. The molecule has 0 amide bonds. The highest BCUT2D eigenvalue weighted by Crippen LogP contribution is 2.21. The van der Waals surface area contributed by atoms with Crippen molar-refractivity contribution in [3.05, 3.63) is 45.9 Å². The molecule has 6 heteroatoms. The van der Waals surface area contributed by atoms with Crippen LogP contribution in [0.1, 0.15) is 17.3 Å². The molecule has 0 saturated carbocycles. The lowest BCUT2D eigenvalue weighted by molar-refractivity contribution is 0.602. The van der Waals surface area contributed by atoms with Crippen LogP contribution in [-0.2, 0) is 13.5 Å². The second-order valence-electron chi connectivity index (χ2n) is 3.83. The molecule has 0 fully saturated rings. The lowest BCUT2D eigenvalue weighted by Crippen LogP contribution is -2.17. The van der Waals surface area contributed by atoms with Crippen molar-refractivity contribution in [3.63, 3.8) is 0 Å². The summed E-state index contributed by atoms with van der Waals surface area (Å²) < 4.78 is 15.0. The molecule has 0 spiro atoms. The zero-order valence-corrected chi connectivity index (χ0v) is 10.9. The fourth-order valence-electron chi connectivity index (χ4n) is 1.70. The molecule has 0 bridgehead atoms. The number of nitrogens with zero attached hydrogens (tertiary/aromatic N) is 3. The Kier molecular flexibility index (Phi) is 3.54. The van der Waals surface area contributed by atoms with E-state index in [2.05, 4.69) is 26.2 Å². The van der Waals surface area contributed by atoms with Gasteiger partial charge in [-0.25, -0.2) is 9.07 Å². The third kappa shape index (κ3) is 2.70. The molecule has 1 heterocycles. The van der Waals surface area contributed by atoms with Crippen LogP contribution in [0.3, 0.4) is 0 Å². The number of nitrogens with two attached hydrogens (primary N) is 1. The van der Waals surface area contributed by atoms with Crippen molar-refractivity contribution in [1.82, 2.24) is 15.0 Å². The van der Waals surface area contributed by atoms with Gasteiger partial charge in [0.05, 0.1) is 11.7 Å². The third-order valence-corrected chi connectivity index (χ3v) is 3.11. The number of rotatable bonds is 3. The van der Waals surface area contributed by atoms with Gasteiger partial charge >= 0.3 is 0 Å². The smallest absolute Gasteiger partial charge is 0.153 e. The van der Waals surface area contributed by atoms with Gasteiger partial charge in [-0.3, -0.25) is 0 Å². The summed E-state index contributed by atoms with van der Waals surface area (Å²) in [6.07, 6.45) is 0.611. The van der Waals surface area contributed by atoms with E-state index in [1.807, 2.05) is 0 Å². The molecule has 2 rings (SSSR count). The van der Waals surface area contributed by atoms with Crippen LogP contribution >= 0.6 is 15.9 Å². The first-order chi connectivity index (χ1) is 8.08. The van der Waals surface area contributed by atoms with Crippen LogP contribution in [0, 0.1) is 5.82 Å². The Morgan fingerprint density at radius 1 is 1.41 bits per heavy atom. The molecule has 17 heavy (non-hydrogen) atoms. The summed E-state index contributed by atoms with van der Waals surface area (Å²) >= 11 is 3.31. The number of benzene rings is 1. The molecule has 4 nitrogen and oxygen atoms in total. The average molecular weight is 299 g/mol. The standard InChI is InChI=1S/C11H12BrFN4/c1-17-10(11(12)15-16-17)9(14)6-7-2-4-8(13)5-3-7/h2-5,9H,6,14H2,1H3. The first-order valence-electron chi connectivity index (χ1n) is 5.13. The van der Waals surface area contributed by atoms with E-state index in [0.717, 1.165) is 11.3 Å². The van der Waals surface area contributed by atoms with Crippen LogP contribution in [0.4, 0.5) is 4.39 Å². The molecule has 0 aliphatic heterocycles. The van der Waals surface area contributed by atoms with Crippen LogP contribution in [0.15, 0.2) is 28.9 Å². The van der Waals surface area contributed by atoms with E-state index in [9.17, 15) is 4.39 Å². The van der Waals surface area contributed by atoms with Crippen LogP contribution in [0.25, 0.3) is 0 Å². The first kappa shape index (κ1) is 12.2. The van der Waals surface area contributed by atoms with E-state index >= 15 is 0 Å². The van der Waals surface area contributed by atoms with Crippen LogP contribution in [0.2, 0.25) is 0 Å². The first-order valence-corrected chi connectivity index (χ1v) is 5.92. The SMILES string of the molecule is Cn1nnc(Br)c1C(N)Cc1ccc(F)cc1. The molecule has 0 radical (unpaired) electrons. The molecule has 1 aromatic carbocycles. The number of hydrogen-bond acceptors (Lipinski definition) is 3. The Bertz CT molecular complexity index is 489. The second kappa shape index (κ2) is 4.93. The van der Waals surface area contributed by atoms with Gasteiger partial charge in [0.25, 0.3) is 0 Å². The summed E-state index contributed by atoms with van der Waals surface area (Å²) in [5, 5.41) is 7.76. The molecule has 0 saturated heterocycles. The normalized spacial score (nSPS) is 12.7. The van der Waals surface area contributed by atoms with Gasteiger partial charge in [-0.1, -0.05) is 17.3 Å². The largest absolute Gasteiger partial charge is 0.322 e. The molecule has 1 atom stereocenters. The number of aromatic nitrogens is 3. The van der Waals surface area contributed by atoms with Crippen molar-refractivity contribution >= 4 is 15.9 Å². The van der Waals surface area contributed by atoms with Gasteiger partial charge in [-0.15, -0.1) is 5.10 Å². The lowest BCUT2D eigenvalue weighted by Gasteiger charge is -2.11. The van der Waals surface area contributed by atoms with Crippen LogP contribution in [-0.4, -0.2) is 15.0 Å². The third-order valence-electron chi connectivity index (χ3n) is 2.55. The summed E-state index contributed by atoms with van der Waals surface area (Å²) in [5.74, 6) is -0.245. The monoisotopic (exact) mass is 298 g/mol. The number of hydrogen-bond donors (Lipinski definition) is 1. The van der Waals surface area contributed by atoms with E-state index in [0.29, 0.717) is 11.0 Å². The predicted octanol–water partition coefficient (Wildman–Crippen LogP) is 1.96. The summed E-state index contributed by atoms with van der Waals surface area (Å²) in [7, 11) is 1.79. The van der Waals surface area contributed by atoms with Crippen molar-refractivity contribution in [1.29, 1.82) is 0 Å². The maximum atomic E-state index is 12.8. The van der Waals surface area contributed by atoms with E-state index in [4.69, 9.17) is 5.73 Å². The maximum Gasteiger partial charge on any atom is 0.153 e. The molecule has 2 N–H and O–H groups in total. The van der Waals surface area contributed by atoms with Crippen molar-refractivity contribution in [2.24, 2.45) is 12.8 Å². The zero-order chi connectivity index (χ0) is 12.4. The summed E-state index contributed by atoms with van der Waals surface area (Å²) in [6.45, 7) is 0. The number of halogens is 2. The van der Waals surface area contributed by atoms with E-state index in [1.165, 1.54) is 12.1 Å². The molecular weight excluding hydrogens is 287 g/mol. The predicted molar refractivity (Wildman–Crippen MR) is 65.7 cm³/mol. The van der Waals surface area contributed by atoms with Gasteiger partial charge in [-0.05, 0) is 40.0 Å². The second-order valence-corrected chi connectivity index (χ2v) is 4.58. The highest BCUT2D eigenvalue weighted by atomic mass is 79.9. The van der Waals surface area contributed by atoms with Gasteiger partial charge < -0.3 is 5.73 Å². The molecule has 0 aliphatic rings. The summed E-state index contributed by atoms with van der Waals surface area (Å²) in [5.41, 5.74) is 7.89. The molecule has 1 aromatic heterocycles. The highest BCUT2D eigenvalue weighted by molar-refractivity contribution is 9.10. The van der Waals surface area contributed by atoms with Crippen molar-refractivity contribution < 1.29 is 4.39 Å². The van der Waals surface area contributed by atoms with Crippen LogP contribution < -0.4 is 5.73 Å². The quantitative estimate of drug-likeness (QED) is 0.942. The maximum absolute atomic E-state index is 12.8. The Hall–Kier alpha value is -1.27. The molecule has 90 valence electrons. The molecule has 2 aromatic rings. The van der Waals surface area contributed by atoms with Gasteiger partial charge in [0.15, 0.2) is 4.60 Å². The van der Waals surface area contributed by atoms with E-state index in [-0.39, 0.29) is 11.9 Å². The van der Waals surface area contributed by atoms with Crippen molar-refractivity contribution in [2.45, 2.75) is 12.5 Å². The van der Waals surface area contributed by atoms with Crippen molar-refractivity contribution in [3.8, 4) is 0 Å². The summed E-state index contributed by atoms with van der Waals surface area (Å²) in [6, 6.07) is 6.09. The average Bonchev–Trinajstić information content (AvgIpc) is 2.62. The minimum atomic E-state index is -0.245. The molecule has 1 unspecified atom stereocenters. The van der Waals surface area contributed by atoms with Gasteiger partial charge in [0.2, 0.25) is 0 Å². The minimum absolute atomic E-state index is 0.227. The Morgan fingerprint density at radius 2 is 2.06 bits per heavy atom. The topological polar surface area (TPSA) is 56.7 Å². The van der Waals surface area contributed by atoms with Gasteiger partial charge in [0.1, 0.15) is 5.82 Å². The number of aryl methyl sites for hydroxylation is 1. The lowest BCUT2D eigenvalue weighted by atomic mass is 10.0. The fraction of sp³-hybridized carbons (Fsp3) is 0.273. The van der Waals surface area contributed by atoms with Gasteiger partial charge in [-0.2, -0.15) is 0 Å². The van der Waals surface area contributed by atoms with E-state index < -0.39 is 0 Å². The van der Waals surface area contributed by atoms with Crippen molar-refractivity contribution in [2.75, 3.05) is 0 Å². The molecular formula is C11H12BrFN4. The van der Waals surface area contributed by atoms with E-state index in [1.54, 1.807) is 23.9 Å². The Morgan fingerprint density at radius 3 is 2.59 bits per heavy atom. The fourth-order valence-corrected chi connectivity index (χ4v) is 2.32.